The third-order valence-electron chi connectivity index (χ3n) is 2.27. The van der Waals surface area contributed by atoms with Gasteiger partial charge in [0.05, 0.1) is 0 Å². The molecule has 17 heavy (non-hydrogen) atoms. The summed E-state index contributed by atoms with van der Waals surface area (Å²) in [7, 11) is 0. The van der Waals surface area contributed by atoms with Gasteiger partial charge >= 0.3 is 112 Å². The summed E-state index contributed by atoms with van der Waals surface area (Å²) in [6.07, 6.45) is 0. The third kappa shape index (κ3) is 3.93. The summed E-state index contributed by atoms with van der Waals surface area (Å²) in [5.74, 6) is 0.347. The van der Waals surface area contributed by atoms with Crippen LogP contribution in [0, 0.1) is 0 Å². The van der Waals surface area contributed by atoms with Gasteiger partial charge in [0.15, 0.2) is 0 Å². The van der Waals surface area contributed by atoms with Gasteiger partial charge in [-0.15, -0.1) is 0 Å². The second kappa shape index (κ2) is 5.92. The molecule has 3 heteroatoms. The normalized spacial score (nSPS) is 9.71. The van der Waals surface area contributed by atoms with E-state index in [-0.39, 0.29) is 5.97 Å². The zero-order valence-electron chi connectivity index (χ0n) is 9.59. The molecule has 2 rings (SSSR count). The fraction of sp³-hybridized carbons (Fsp3) is 0.0714. The van der Waals surface area contributed by atoms with E-state index in [9.17, 15) is 4.79 Å². The maximum atomic E-state index is 10.8. The summed E-state index contributed by atoms with van der Waals surface area (Å²) < 4.78 is 7.85. The molecule has 0 amide bonds. The van der Waals surface area contributed by atoms with Crippen LogP contribution in [0.2, 0.25) is 0 Å². The van der Waals surface area contributed by atoms with E-state index >= 15 is 0 Å². The number of carbonyl (C=O) groups is 1. The van der Waals surface area contributed by atoms with Gasteiger partial charge in [0.2, 0.25) is 0 Å². The molecule has 2 aromatic carbocycles. The first-order valence-electron chi connectivity index (χ1n) is 5.42. The molecular formula is C14H12InO2. The Labute approximate surface area is 112 Å². The Morgan fingerprint density at radius 2 is 1.53 bits per heavy atom. The van der Waals surface area contributed by atoms with Crippen molar-refractivity contribution in [3.8, 4) is 5.75 Å². The van der Waals surface area contributed by atoms with E-state index in [0.717, 1.165) is 0 Å². The molecule has 0 atom stereocenters. The Balaban J connectivity index is 2.06. The van der Waals surface area contributed by atoms with E-state index in [0.29, 0.717) is 5.75 Å². The number of hydrogen-bond donors (Lipinski definition) is 0. The molecule has 0 heterocycles. The average molecular weight is 327 g/mol. The van der Waals surface area contributed by atoms with Gasteiger partial charge in [0, 0.05) is 0 Å². The van der Waals surface area contributed by atoms with Crippen LogP contribution in [0.3, 0.4) is 0 Å². The van der Waals surface area contributed by atoms with E-state index in [1.165, 1.54) is 13.6 Å². The predicted molar refractivity (Wildman–Crippen MR) is 69.2 cm³/mol. The molecule has 0 aliphatic heterocycles. The Morgan fingerprint density at radius 1 is 0.941 bits per heavy atom. The molecule has 0 spiro atoms. The molecule has 1 radical (unpaired) electrons. The van der Waals surface area contributed by atoms with Gasteiger partial charge in [-0.3, -0.25) is 0 Å². The van der Waals surface area contributed by atoms with Crippen molar-refractivity contribution in [2.75, 3.05) is 0 Å². The van der Waals surface area contributed by atoms with Crippen molar-refractivity contribution in [2.24, 2.45) is 0 Å². The third-order valence-corrected chi connectivity index (χ3v) is 6.37. The van der Waals surface area contributed by atoms with Gasteiger partial charge in [-0.2, -0.15) is 0 Å². The van der Waals surface area contributed by atoms with Crippen LogP contribution in [0.5, 0.6) is 5.75 Å². The van der Waals surface area contributed by atoms with E-state index in [2.05, 4.69) is 36.4 Å². The van der Waals surface area contributed by atoms with Gasteiger partial charge < -0.3 is 0 Å². The summed E-state index contributed by atoms with van der Waals surface area (Å²) in [4.78, 5) is 10.8. The number of hydrogen-bond acceptors (Lipinski definition) is 2. The Hall–Kier alpha value is -1.22. The summed E-state index contributed by atoms with van der Waals surface area (Å²) in [6, 6.07) is 18.4. The minimum atomic E-state index is -0.899. The van der Waals surface area contributed by atoms with Crippen LogP contribution in [-0.2, 0) is 4.79 Å². The van der Waals surface area contributed by atoms with Crippen LogP contribution in [0.4, 0.5) is 0 Å². The molecule has 2 aromatic rings. The van der Waals surface area contributed by atoms with Crippen molar-refractivity contribution in [3.63, 3.8) is 0 Å². The average Bonchev–Trinajstić information content (AvgIpc) is 2.32. The Morgan fingerprint density at radius 3 is 2.12 bits per heavy atom. The molecule has 0 unspecified atom stereocenters. The Kier molecular flexibility index (Phi) is 4.26. The monoisotopic (exact) mass is 327 g/mol. The number of benzene rings is 2. The standard InChI is InChI=1S/C8H7O2.C6H5.In/c1-7(9)10-8-5-3-2-4-6-8;1-2-4-6-5-3-1;/h3-6H,1H3;1-5H;. The van der Waals surface area contributed by atoms with E-state index in [1.807, 2.05) is 18.2 Å². The summed E-state index contributed by atoms with van der Waals surface area (Å²) in [6.45, 7) is 1.41. The number of esters is 1. The first-order chi connectivity index (χ1) is 8.24. The van der Waals surface area contributed by atoms with Crippen molar-refractivity contribution >= 4 is 35.5 Å². The van der Waals surface area contributed by atoms with Gasteiger partial charge in [-0.05, 0) is 0 Å². The van der Waals surface area contributed by atoms with E-state index in [1.54, 1.807) is 0 Å². The van der Waals surface area contributed by atoms with Gasteiger partial charge in [0.25, 0.3) is 0 Å². The fourth-order valence-corrected chi connectivity index (χ4v) is 4.92. The Bertz CT molecular complexity index is 491. The van der Waals surface area contributed by atoms with Crippen LogP contribution in [0.1, 0.15) is 6.92 Å². The number of carbonyl (C=O) groups excluding carboxylic acids is 1. The van der Waals surface area contributed by atoms with Crippen LogP contribution in [-0.4, -0.2) is 28.9 Å². The van der Waals surface area contributed by atoms with Crippen LogP contribution in [0.25, 0.3) is 0 Å². The van der Waals surface area contributed by atoms with Crippen molar-refractivity contribution < 1.29 is 9.53 Å². The van der Waals surface area contributed by atoms with Gasteiger partial charge in [-0.1, -0.05) is 0 Å². The number of ether oxygens (including phenoxy) is 1. The minimum absolute atomic E-state index is 0.275. The molecule has 0 N–H and O–H groups in total. The molecule has 0 saturated heterocycles. The van der Waals surface area contributed by atoms with E-state index < -0.39 is 22.9 Å². The molecule has 0 aliphatic rings. The SMILES string of the molecule is CC(=O)Oc1cc[c]([In][c]2ccccc2)cc1. The van der Waals surface area contributed by atoms with Crippen LogP contribution < -0.4 is 11.4 Å². The van der Waals surface area contributed by atoms with Gasteiger partial charge in [0.1, 0.15) is 0 Å². The maximum absolute atomic E-state index is 10.8. The topological polar surface area (TPSA) is 26.3 Å². The molecular weight excluding hydrogens is 315 g/mol. The van der Waals surface area contributed by atoms with Crippen LogP contribution >= 0.6 is 0 Å². The van der Waals surface area contributed by atoms with E-state index in [4.69, 9.17) is 4.74 Å². The molecule has 0 aliphatic carbocycles. The first kappa shape index (κ1) is 12.2. The second-order valence-electron chi connectivity index (χ2n) is 3.72. The molecule has 0 bridgehead atoms. The van der Waals surface area contributed by atoms with Crippen LogP contribution in [0.15, 0.2) is 54.6 Å². The summed E-state index contributed by atoms with van der Waals surface area (Å²) in [5.41, 5.74) is 0. The molecule has 0 aromatic heterocycles. The second-order valence-corrected chi connectivity index (χ2v) is 8.35. The van der Waals surface area contributed by atoms with Crippen molar-refractivity contribution in [3.05, 3.63) is 54.6 Å². The first-order valence-corrected chi connectivity index (χ1v) is 8.72. The molecule has 83 valence electrons. The van der Waals surface area contributed by atoms with Gasteiger partial charge in [-0.25, -0.2) is 0 Å². The van der Waals surface area contributed by atoms with Crippen molar-refractivity contribution in [2.45, 2.75) is 6.92 Å². The van der Waals surface area contributed by atoms with Crippen molar-refractivity contribution in [1.29, 1.82) is 0 Å². The molecule has 0 fully saturated rings. The molecule has 2 nitrogen and oxygen atoms in total. The molecule has 0 saturated carbocycles. The number of rotatable bonds is 3. The zero-order valence-corrected chi connectivity index (χ0v) is 12.9. The van der Waals surface area contributed by atoms with Crippen molar-refractivity contribution in [1.82, 2.24) is 0 Å². The zero-order chi connectivity index (χ0) is 12.1. The fourth-order valence-electron chi connectivity index (χ4n) is 1.54. The summed E-state index contributed by atoms with van der Waals surface area (Å²) in [5, 5.41) is 0. The summed E-state index contributed by atoms with van der Waals surface area (Å²) >= 11 is -0.899. The predicted octanol–water partition coefficient (Wildman–Crippen LogP) is 1.27. The quantitative estimate of drug-likeness (QED) is 0.627.